The highest BCUT2D eigenvalue weighted by Gasteiger charge is 2.43. The Labute approximate surface area is 444 Å². The van der Waals surface area contributed by atoms with Crippen molar-refractivity contribution in [2.45, 2.75) is 117 Å². The zero-order valence-corrected chi connectivity index (χ0v) is 46.6. The van der Waals surface area contributed by atoms with E-state index < -0.39 is 36.1 Å². The molecule has 1 N–H and O–H groups in total. The van der Waals surface area contributed by atoms with Gasteiger partial charge in [0, 0.05) is 93.0 Å². The molecule has 0 unspecified atom stereocenters. The van der Waals surface area contributed by atoms with E-state index in [1.807, 2.05) is 94.0 Å². The first-order valence-corrected chi connectivity index (χ1v) is 26.4. The van der Waals surface area contributed by atoms with Crippen molar-refractivity contribution in [1.82, 2.24) is 44.8 Å². The van der Waals surface area contributed by atoms with Crippen LogP contribution in [0.15, 0.2) is 53.7 Å². The lowest BCUT2D eigenvalue weighted by Crippen LogP contribution is -2.55. The van der Waals surface area contributed by atoms with E-state index in [1.165, 1.54) is 12.2 Å². The molecule has 5 amide bonds. The summed E-state index contributed by atoms with van der Waals surface area (Å²) in [6.07, 6.45) is 5.41. The Kier molecular flexibility index (Phi) is 26.0. The van der Waals surface area contributed by atoms with E-state index in [0.717, 1.165) is 23.3 Å². The summed E-state index contributed by atoms with van der Waals surface area (Å²) < 4.78 is 30.7. The van der Waals surface area contributed by atoms with Crippen LogP contribution < -0.4 is 5.32 Å². The van der Waals surface area contributed by atoms with Crippen molar-refractivity contribution in [2.75, 3.05) is 102 Å². The smallest absolute Gasteiger partial charge is 0.253 e. The van der Waals surface area contributed by atoms with E-state index in [-0.39, 0.29) is 85.7 Å². The zero-order valence-electron chi connectivity index (χ0n) is 46.6. The number of benzene rings is 1. The number of methoxy groups -OCH3 is 2. The fraction of sp³-hybridized carbons (Fsp3) is 0.685. The largest absolute Gasteiger partial charge is 0.379 e. The van der Waals surface area contributed by atoms with E-state index in [9.17, 15) is 28.8 Å². The number of nitrogens with one attached hydrogen (secondary N) is 1. The second kappa shape index (κ2) is 31.4. The molecule has 1 saturated heterocycles. The number of hydrogen-bond acceptors (Lipinski definition) is 14. The van der Waals surface area contributed by atoms with Gasteiger partial charge in [0.1, 0.15) is 17.5 Å². The monoisotopic (exact) mass is 1050 g/mol. The number of likely N-dealkylation sites (tertiary alicyclic amines) is 1. The molecule has 8 atom stereocenters. The molecule has 1 aromatic heterocycles. The fourth-order valence-corrected chi connectivity index (χ4v) is 9.74. The molecule has 4 rings (SSSR count). The molecule has 0 radical (unpaired) electrons. The Morgan fingerprint density at radius 1 is 0.840 bits per heavy atom. The molecular formula is C54H86N10O11. The number of hydrogen-bond donors (Lipinski definition) is 1. The van der Waals surface area contributed by atoms with Crippen LogP contribution in [0.1, 0.15) is 78.0 Å². The molecule has 0 aliphatic carbocycles. The normalized spacial score (nSPS) is 17.4. The van der Waals surface area contributed by atoms with Gasteiger partial charge in [-0.2, -0.15) is 0 Å². The minimum Gasteiger partial charge on any atom is -0.379 e. The Morgan fingerprint density at radius 3 is 2.05 bits per heavy atom. The number of guanidine groups is 1. The lowest BCUT2D eigenvalue weighted by atomic mass is 9.85. The number of carbonyl (C=O) groups is 6. The van der Waals surface area contributed by atoms with Gasteiger partial charge in [-0.3, -0.25) is 33.7 Å². The number of ether oxygens (including phenoxy) is 5. The fourth-order valence-electron chi connectivity index (χ4n) is 9.74. The van der Waals surface area contributed by atoms with Gasteiger partial charge in [-0.1, -0.05) is 76.6 Å². The summed E-state index contributed by atoms with van der Waals surface area (Å²) in [4.78, 5) is 93.8. The molecule has 2 aromatic rings. The molecule has 75 heavy (non-hydrogen) atoms. The highest BCUT2D eigenvalue weighted by atomic mass is 16.5. The van der Waals surface area contributed by atoms with Crippen LogP contribution in [0.2, 0.25) is 0 Å². The number of aliphatic imine (C=N–C) groups is 1. The number of amides is 5. The third kappa shape index (κ3) is 18.6. The van der Waals surface area contributed by atoms with Crippen molar-refractivity contribution in [3.05, 3.63) is 59.9 Å². The topological polar surface area (TPSA) is 220 Å². The van der Waals surface area contributed by atoms with Crippen molar-refractivity contribution < 1.29 is 52.5 Å². The van der Waals surface area contributed by atoms with Crippen molar-refractivity contribution in [2.24, 2.45) is 28.7 Å². The Hall–Kier alpha value is -5.61. The Balaban J connectivity index is 1.27. The molecule has 0 saturated carbocycles. The number of imide groups is 1. The molecule has 21 nitrogen and oxygen atoms in total. The first-order chi connectivity index (χ1) is 35.8. The SMILES string of the molecule is CC[C@H](C)[C@@H]([C@@H](CC(=O)N1CCC[C@H]1[C@H](OC)[C@@H](C)C(=O)C[C@@H](Cc1ccccc1)C(=O)NCCOCCOCCOCCn1cc(CN2C(=O)C=CC2=O)nn1)OC)N(C)C(=O)[C@@H](N=C(N(C)C)N(C)C)C(C)C. The quantitative estimate of drug-likeness (QED) is 0.0470. The molecular weight excluding hydrogens is 965 g/mol. The average Bonchev–Trinajstić information content (AvgIpc) is 4.14. The summed E-state index contributed by atoms with van der Waals surface area (Å²) in [7, 11) is 12.5. The third-order valence-electron chi connectivity index (χ3n) is 14.0. The lowest BCUT2D eigenvalue weighted by Gasteiger charge is -2.40. The predicted molar refractivity (Wildman–Crippen MR) is 283 cm³/mol. The van der Waals surface area contributed by atoms with Gasteiger partial charge in [0.15, 0.2) is 5.96 Å². The Bertz CT molecular complexity index is 2160. The average molecular weight is 1050 g/mol. The molecule has 21 heteroatoms. The summed E-state index contributed by atoms with van der Waals surface area (Å²) in [5.41, 5.74) is 1.43. The minimum absolute atomic E-state index is 0.00273. The standard InChI is InChI=1S/C54H86N10O11/c1-13-38(4)50(61(10)53(70)49(37(2)3)56-54(59(6)7)60(8)9)45(71-11)34-48(68)63-24-17-20-43(63)51(72-12)39(5)44(65)33-41(32-40-18-15-14-16-19-40)52(69)55-23-26-73-28-30-75-31-29-74-27-25-62-35-42(57-58-62)36-64-46(66)21-22-47(64)67/h14-16,18-19,21-22,35,37-39,41,43,45,49-51H,13,17,20,23-34,36H2,1-12H3,(H,55,69)/t38-,39-,41+,43-,45+,49-,50-,51+/m0/s1. The van der Waals surface area contributed by atoms with E-state index in [0.29, 0.717) is 70.6 Å². The highest BCUT2D eigenvalue weighted by Crippen LogP contribution is 2.31. The van der Waals surface area contributed by atoms with Gasteiger partial charge in [0.2, 0.25) is 17.7 Å². The molecule has 1 aromatic carbocycles. The molecule has 2 aliphatic rings. The number of likely N-dealkylation sites (N-methyl/N-ethyl adjacent to an activating group) is 1. The number of aromatic nitrogens is 3. The van der Waals surface area contributed by atoms with E-state index in [2.05, 4.69) is 29.5 Å². The molecule has 2 aliphatic heterocycles. The molecule has 0 spiro atoms. The van der Waals surface area contributed by atoms with Gasteiger partial charge in [-0.15, -0.1) is 5.10 Å². The first kappa shape index (κ1) is 61.9. The lowest BCUT2D eigenvalue weighted by molar-refractivity contribution is -0.146. The van der Waals surface area contributed by atoms with Gasteiger partial charge in [0.25, 0.3) is 11.8 Å². The van der Waals surface area contributed by atoms with Gasteiger partial charge in [-0.05, 0) is 36.7 Å². The number of ketones is 1. The van der Waals surface area contributed by atoms with Crippen LogP contribution in [0, 0.1) is 23.7 Å². The summed E-state index contributed by atoms with van der Waals surface area (Å²) >= 11 is 0. The summed E-state index contributed by atoms with van der Waals surface area (Å²) in [5.74, 6) is -2.12. The van der Waals surface area contributed by atoms with Crippen LogP contribution in [0.4, 0.5) is 0 Å². The van der Waals surface area contributed by atoms with Crippen LogP contribution in [0.3, 0.4) is 0 Å². The van der Waals surface area contributed by atoms with Crippen molar-refractivity contribution in [1.29, 1.82) is 0 Å². The van der Waals surface area contributed by atoms with Crippen LogP contribution >= 0.6 is 0 Å². The molecule has 3 heterocycles. The Morgan fingerprint density at radius 2 is 1.47 bits per heavy atom. The van der Waals surface area contributed by atoms with Gasteiger partial charge < -0.3 is 48.6 Å². The zero-order chi connectivity index (χ0) is 55.2. The number of rotatable bonds is 33. The maximum atomic E-state index is 14.5. The van der Waals surface area contributed by atoms with Gasteiger partial charge in [0.05, 0.1) is 89.6 Å². The maximum absolute atomic E-state index is 14.5. The van der Waals surface area contributed by atoms with Crippen molar-refractivity contribution in [3.8, 4) is 0 Å². The molecule has 418 valence electrons. The van der Waals surface area contributed by atoms with E-state index in [4.69, 9.17) is 28.7 Å². The summed E-state index contributed by atoms with van der Waals surface area (Å²) in [6.45, 7) is 13.1. The number of Topliss-reactive ketones (excluding diaryl/α,β-unsaturated/α-hetero) is 1. The molecule has 0 bridgehead atoms. The number of carbonyl (C=O) groups excluding carboxylic acids is 6. The van der Waals surface area contributed by atoms with Gasteiger partial charge >= 0.3 is 0 Å². The second-order valence-corrected chi connectivity index (χ2v) is 20.3. The summed E-state index contributed by atoms with van der Waals surface area (Å²) in [5, 5.41) is 11.0. The predicted octanol–water partition coefficient (Wildman–Crippen LogP) is 3.11. The first-order valence-electron chi connectivity index (χ1n) is 26.4. The highest BCUT2D eigenvalue weighted by molar-refractivity contribution is 6.12. The van der Waals surface area contributed by atoms with E-state index in [1.54, 1.807) is 37.0 Å². The van der Waals surface area contributed by atoms with Gasteiger partial charge in [-0.25, -0.2) is 9.67 Å². The second-order valence-electron chi connectivity index (χ2n) is 20.3. The van der Waals surface area contributed by atoms with Crippen molar-refractivity contribution in [3.63, 3.8) is 0 Å². The van der Waals surface area contributed by atoms with Crippen LogP contribution in [0.5, 0.6) is 0 Å². The van der Waals surface area contributed by atoms with Crippen LogP contribution in [-0.2, 0) is 72.0 Å². The third-order valence-corrected chi connectivity index (χ3v) is 14.0. The van der Waals surface area contributed by atoms with E-state index >= 15 is 0 Å². The molecule has 1 fully saturated rings. The minimum atomic E-state index is -0.655. The number of nitrogens with zero attached hydrogens (tertiary/aromatic N) is 9. The summed E-state index contributed by atoms with van der Waals surface area (Å²) in [6, 6.07) is 8.14. The maximum Gasteiger partial charge on any atom is 0.253 e. The van der Waals surface area contributed by atoms with Crippen molar-refractivity contribution >= 4 is 41.3 Å². The van der Waals surface area contributed by atoms with Crippen LogP contribution in [-0.4, -0.2) is 213 Å². The van der Waals surface area contributed by atoms with Crippen LogP contribution in [0.25, 0.3) is 0 Å².